The van der Waals surface area contributed by atoms with Gasteiger partial charge in [0.1, 0.15) is 17.5 Å². The summed E-state index contributed by atoms with van der Waals surface area (Å²) in [5.74, 6) is -0.453. The number of nitrogens with two attached hydrogens (primary N) is 1. The first-order valence-corrected chi connectivity index (χ1v) is 5.72. The normalized spacial score (nSPS) is 9.33. The molecule has 0 saturated carbocycles. The standard InChI is InChI=1S/C9H10N6O2S/c1-12-8(17)14-6(16)4-18-9-13-3-5(2-10)7(11)15-9/h3H,4H2,1H3,(H2,11,13,15)(H2,12,14,16,17). The molecule has 0 aliphatic heterocycles. The van der Waals surface area contributed by atoms with Crippen LogP contribution in [0.3, 0.4) is 0 Å². The van der Waals surface area contributed by atoms with Gasteiger partial charge in [-0.2, -0.15) is 5.26 Å². The third kappa shape index (κ3) is 3.91. The van der Waals surface area contributed by atoms with Crippen LogP contribution < -0.4 is 16.4 Å². The van der Waals surface area contributed by atoms with Crippen molar-refractivity contribution in [2.75, 3.05) is 18.5 Å². The number of anilines is 1. The molecule has 0 aromatic carbocycles. The minimum absolute atomic E-state index is 0.0290. The van der Waals surface area contributed by atoms with Gasteiger partial charge < -0.3 is 11.1 Å². The van der Waals surface area contributed by atoms with Crippen molar-refractivity contribution in [2.45, 2.75) is 5.16 Å². The summed E-state index contributed by atoms with van der Waals surface area (Å²) < 4.78 is 0. The number of thioether (sulfide) groups is 1. The van der Waals surface area contributed by atoms with Gasteiger partial charge in [0.25, 0.3) is 0 Å². The van der Waals surface area contributed by atoms with Gasteiger partial charge in [0, 0.05) is 7.05 Å². The average Bonchev–Trinajstić information content (AvgIpc) is 2.36. The highest BCUT2D eigenvalue weighted by molar-refractivity contribution is 7.99. The third-order valence-corrected chi connectivity index (χ3v) is 2.59. The van der Waals surface area contributed by atoms with Crippen LogP contribution in [0.1, 0.15) is 5.56 Å². The minimum atomic E-state index is -0.583. The summed E-state index contributed by atoms with van der Waals surface area (Å²) in [6.07, 6.45) is 1.28. The number of hydrogen-bond donors (Lipinski definition) is 3. The van der Waals surface area contributed by atoms with Crippen molar-refractivity contribution in [3.8, 4) is 6.07 Å². The maximum absolute atomic E-state index is 11.3. The van der Waals surface area contributed by atoms with Crippen molar-refractivity contribution in [3.05, 3.63) is 11.8 Å². The molecule has 3 amide bonds. The fourth-order valence-electron chi connectivity index (χ4n) is 0.889. The summed E-state index contributed by atoms with van der Waals surface area (Å²) in [6.45, 7) is 0. The van der Waals surface area contributed by atoms with Crippen LogP contribution in [0.25, 0.3) is 0 Å². The van der Waals surface area contributed by atoms with Gasteiger partial charge in [-0.05, 0) is 0 Å². The van der Waals surface area contributed by atoms with Crippen LogP contribution >= 0.6 is 11.8 Å². The number of carbonyl (C=O) groups excluding carboxylic acids is 2. The van der Waals surface area contributed by atoms with Gasteiger partial charge in [-0.25, -0.2) is 14.8 Å². The molecule has 0 bridgehead atoms. The molecule has 0 unspecified atom stereocenters. The molecule has 0 aliphatic rings. The lowest BCUT2D eigenvalue weighted by Crippen LogP contribution is -2.38. The fourth-order valence-corrected chi connectivity index (χ4v) is 1.51. The molecule has 0 saturated heterocycles. The van der Waals surface area contributed by atoms with Gasteiger partial charge in [0.2, 0.25) is 5.91 Å². The zero-order valence-corrected chi connectivity index (χ0v) is 10.2. The van der Waals surface area contributed by atoms with Gasteiger partial charge >= 0.3 is 6.03 Å². The topological polar surface area (TPSA) is 134 Å². The molecule has 18 heavy (non-hydrogen) atoms. The molecule has 1 heterocycles. The first-order chi connectivity index (χ1) is 8.56. The number of nitrogens with one attached hydrogen (secondary N) is 2. The van der Waals surface area contributed by atoms with Crippen molar-refractivity contribution in [1.82, 2.24) is 20.6 Å². The summed E-state index contributed by atoms with van der Waals surface area (Å²) in [4.78, 5) is 29.8. The van der Waals surface area contributed by atoms with E-state index in [2.05, 4.69) is 20.6 Å². The Labute approximate surface area is 107 Å². The number of nitrogen functional groups attached to an aromatic ring is 1. The van der Waals surface area contributed by atoms with Crippen LogP contribution in [0, 0.1) is 11.3 Å². The fraction of sp³-hybridized carbons (Fsp3) is 0.222. The zero-order chi connectivity index (χ0) is 13.5. The molecule has 4 N–H and O–H groups in total. The van der Waals surface area contributed by atoms with Gasteiger partial charge in [-0.1, -0.05) is 11.8 Å². The molecular formula is C9H10N6O2S. The number of carbonyl (C=O) groups is 2. The Morgan fingerprint density at radius 1 is 1.61 bits per heavy atom. The quantitative estimate of drug-likeness (QED) is 0.495. The molecule has 1 aromatic heterocycles. The maximum atomic E-state index is 11.3. The second-order valence-corrected chi connectivity index (χ2v) is 3.92. The van der Waals surface area contributed by atoms with Crippen LogP contribution in [-0.2, 0) is 4.79 Å². The summed E-state index contributed by atoms with van der Waals surface area (Å²) in [7, 11) is 1.40. The largest absolute Gasteiger partial charge is 0.382 e. The van der Waals surface area contributed by atoms with E-state index in [1.807, 2.05) is 6.07 Å². The number of aromatic nitrogens is 2. The van der Waals surface area contributed by atoms with Gasteiger partial charge in [0.05, 0.1) is 11.9 Å². The summed E-state index contributed by atoms with van der Waals surface area (Å²) in [5.41, 5.74) is 5.66. The van der Waals surface area contributed by atoms with E-state index in [0.717, 1.165) is 11.8 Å². The third-order valence-electron chi connectivity index (χ3n) is 1.73. The van der Waals surface area contributed by atoms with Crippen LogP contribution in [-0.4, -0.2) is 34.7 Å². The number of rotatable bonds is 3. The smallest absolute Gasteiger partial charge is 0.321 e. The number of nitriles is 1. The monoisotopic (exact) mass is 266 g/mol. The Morgan fingerprint density at radius 3 is 2.89 bits per heavy atom. The second kappa shape index (κ2) is 6.41. The van der Waals surface area contributed by atoms with E-state index in [9.17, 15) is 9.59 Å². The summed E-state index contributed by atoms with van der Waals surface area (Å²) in [5, 5.41) is 13.2. The van der Waals surface area contributed by atoms with Crippen molar-refractivity contribution < 1.29 is 9.59 Å². The van der Waals surface area contributed by atoms with Gasteiger partial charge in [-0.15, -0.1) is 0 Å². The highest BCUT2D eigenvalue weighted by Gasteiger charge is 2.09. The predicted molar refractivity (Wildman–Crippen MR) is 64.5 cm³/mol. The second-order valence-electron chi connectivity index (χ2n) is 2.98. The van der Waals surface area contributed by atoms with Gasteiger partial charge in [0.15, 0.2) is 5.16 Å². The van der Waals surface area contributed by atoms with Crippen molar-refractivity contribution in [3.63, 3.8) is 0 Å². The molecule has 0 radical (unpaired) electrons. The molecule has 0 spiro atoms. The van der Waals surface area contributed by atoms with E-state index < -0.39 is 11.9 Å². The Hall–Kier alpha value is -2.34. The lowest BCUT2D eigenvalue weighted by atomic mass is 10.3. The van der Waals surface area contributed by atoms with E-state index in [1.165, 1.54) is 13.2 Å². The zero-order valence-electron chi connectivity index (χ0n) is 9.43. The molecule has 0 atom stereocenters. The number of nitrogens with zero attached hydrogens (tertiary/aromatic N) is 3. The first kappa shape index (κ1) is 13.7. The van der Waals surface area contributed by atoms with E-state index in [1.54, 1.807) is 0 Å². The summed E-state index contributed by atoms with van der Waals surface area (Å²) in [6, 6.07) is 1.25. The SMILES string of the molecule is CNC(=O)NC(=O)CSc1ncc(C#N)c(N)n1. The Balaban J connectivity index is 2.54. The average molecular weight is 266 g/mol. The lowest BCUT2D eigenvalue weighted by Gasteiger charge is -2.03. The van der Waals surface area contributed by atoms with E-state index in [0.29, 0.717) is 0 Å². The molecule has 8 nitrogen and oxygen atoms in total. The Kier molecular flexibility index (Phi) is 4.89. The Morgan fingerprint density at radius 2 is 2.33 bits per heavy atom. The molecule has 94 valence electrons. The van der Waals surface area contributed by atoms with E-state index in [-0.39, 0.29) is 22.3 Å². The maximum Gasteiger partial charge on any atom is 0.321 e. The van der Waals surface area contributed by atoms with Crippen LogP contribution in [0.5, 0.6) is 0 Å². The molecule has 1 aromatic rings. The van der Waals surface area contributed by atoms with Crippen LogP contribution in [0.4, 0.5) is 10.6 Å². The number of amides is 3. The highest BCUT2D eigenvalue weighted by Crippen LogP contribution is 2.15. The lowest BCUT2D eigenvalue weighted by molar-refractivity contribution is -0.117. The van der Waals surface area contributed by atoms with Gasteiger partial charge in [-0.3, -0.25) is 10.1 Å². The summed E-state index contributed by atoms with van der Waals surface area (Å²) >= 11 is 1.01. The van der Waals surface area contributed by atoms with Crippen LogP contribution in [0.2, 0.25) is 0 Å². The molecule has 0 fully saturated rings. The molecule has 1 rings (SSSR count). The first-order valence-electron chi connectivity index (χ1n) is 4.73. The number of urea groups is 1. The molecular weight excluding hydrogens is 256 g/mol. The highest BCUT2D eigenvalue weighted by atomic mass is 32.2. The number of imide groups is 1. The minimum Gasteiger partial charge on any atom is -0.382 e. The molecule has 9 heteroatoms. The van der Waals surface area contributed by atoms with Crippen LogP contribution in [0.15, 0.2) is 11.4 Å². The van der Waals surface area contributed by atoms with Crippen molar-refractivity contribution in [1.29, 1.82) is 5.26 Å². The Bertz CT molecular complexity index is 512. The van der Waals surface area contributed by atoms with E-state index in [4.69, 9.17) is 11.0 Å². The molecule has 0 aliphatic carbocycles. The van der Waals surface area contributed by atoms with Crippen molar-refractivity contribution in [2.24, 2.45) is 0 Å². The predicted octanol–water partition coefficient (Wildman–Crippen LogP) is -0.522. The number of hydrogen-bond acceptors (Lipinski definition) is 7. The van der Waals surface area contributed by atoms with Crippen molar-refractivity contribution >= 4 is 29.5 Å². The van der Waals surface area contributed by atoms with E-state index >= 15 is 0 Å².